The monoisotopic (exact) mass is 473 g/mol. The summed E-state index contributed by atoms with van der Waals surface area (Å²) < 4.78 is 0. The number of nitrogens with zero attached hydrogens (tertiary/aromatic N) is 6. The molecule has 7 nitrogen and oxygen atoms in total. The van der Waals surface area contributed by atoms with Gasteiger partial charge in [-0.05, 0) is 17.7 Å². The van der Waals surface area contributed by atoms with Crippen LogP contribution in [0.3, 0.4) is 0 Å². The van der Waals surface area contributed by atoms with Crippen LogP contribution in [0.1, 0.15) is 5.56 Å². The number of piperazine rings is 1. The quantitative estimate of drug-likeness (QED) is 0.415. The zero-order valence-corrected chi connectivity index (χ0v) is 17.6. The third-order valence-corrected chi connectivity index (χ3v) is 4.82. The summed E-state index contributed by atoms with van der Waals surface area (Å²) in [6, 6.07) is 4.02. The summed E-state index contributed by atoms with van der Waals surface area (Å²) in [4.78, 5) is 19.6. The number of hydrogen-bond acceptors (Lipinski definition) is 6. The molecule has 0 aromatic carbocycles. The van der Waals surface area contributed by atoms with E-state index in [-0.39, 0.29) is 24.0 Å². The number of hydrogen-bond donors (Lipinski definition) is 1. The topological polar surface area (TPSA) is 73.9 Å². The molecule has 0 amide bonds. The number of pyridine rings is 1. The predicted octanol–water partition coefficient (Wildman–Crippen LogP) is 1.86. The summed E-state index contributed by atoms with van der Waals surface area (Å²) in [5, 5.41) is 3.09. The van der Waals surface area contributed by atoms with Gasteiger partial charge in [-0.2, -0.15) is 0 Å². The fourth-order valence-corrected chi connectivity index (χ4v) is 3.27. The molecule has 0 atom stereocenters. The summed E-state index contributed by atoms with van der Waals surface area (Å²) in [5.41, 5.74) is 7.29. The summed E-state index contributed by atoms with van der Waals surface area (Å²) in [6.45, 7) is 4.15. The fraction of sp³-hybridized carbons (Fsp3) is 0.438. The van der Waals surface area contributed by atoms with Crippen LogP contribution >= 0.6 is 35.3 Å². The standard InChI is InChI=1S/C16H23N7S.HI/c1-21(2)14-11-13(3-4-18-14)12-20-15(17)22-6-8-23(9-7-22)16-19-5-10-24-16;/h3-5,10-11H,6-9,12H2,1-2H3,(H2,17,20);1H. The van der Waals surface area contributed by atoms with Crippen molar-refractivity contribution in [3.63, 3.8) is 0 Å². The third-order valence-electron chi connectivity index (χ3n) is 3.99. The number of nitrogens with two attached hydrogens (primary N) is 1. The molecule has 2 aromatic rings. The minimum absolute atomic E-state index is 0. The molecule has 0 aliphatic carbocycles. The second-order valence-corrected chi connectivity index (χ2v) is 6.75. The Morgan fingerprint density at radius 1 is 1.24 bits per heavy atom. The number of aliphatic imine (C=N–C) groups is 1. The van der Waals surface area contributed by atoms with Crippen LogP contribution in [0.4, 0.5) is 10.9 Å². The van der Waals surface area contributed by atoms with Crippen molar-refractivity contribution in [3.05, 3.63) is 35.5 Å². The van der Waals surface area contributed by atoms with Gasteiger partial charge < -0.3 is 20.4 Å². The summed E-state index contributed by atoms with van der Waals surface area (Å²) >= 11 is 1.68. The van der Waals surface area contributed by atoms with E-state index in [9.17, 15) is 0 Å². The molecule has 9 heteroatoms. The number of guanidine groups is 1. The Hall–Kier alpha value is -1.62. The van der Waals surface area contributed by atoms with Gasteiger partial charge in [-0.3, -0.25) is 0 Å². The van der Waals surface area contributed by atoms with E-state index in [0.717, 1.165) is 42.7 Å². The highest BCUT2D eigenvalue weighted by Gasteiger charge is 2.19. The number of aromatic nitrogens is 2. The Labute approximate surface area is 169 Å². The van der Waals surface area contributed by atoms with Crippen LogP contribution < -0.4 is 15.5 Å². The van der Waals surface area contributed by atoms with Crippen molar-refractivity contribution in [2.45, 2.75) is 6.54 Å². The molecule has 0 unspecified atom stereocenters. The highest BCUT2D eigenvalue weighted by Crippen LogP contribution is 2.18. The van der Waals surface area contributed by atoms with Crippen LogP contribution in [-0.2, 0) is 6.54 Å². The van der Waals surface area contributed by atoms with Gasteiger partial charge in [-0.25, -0.2) is 15.0 Å². The first-order valence-corrected chi connectivity index (χ1v) is 8.83. The molecular weight excluding hydrogens is 449 g/mol. The Morgan fingerprint density at radius 3 is 2.64 bits per heavy atom. The molecule has 0 saturated carbocycles. The molecule has 1 saturated heterocycles. The summed E-state index contributed by atoms with van der Waals surface area (Å²) in [7, 11) is 3.96. The van der Waals surface area contributed by atoms with E-state index in [2.05, 4.69) is 24.8 Å². The molecule has 1 fully saturated rings. The Bertz CT molecular complexity index is 682. The lowest BCUT2D eigenvalue weighted by molar-refractivity contribution is 0.380. The fourth-order valence-electron chi connectivity index (χ4n) is 2.57. The second kappa shape index (κ2) is 9.18. The average Bonchev–Trinajstić information content (AvgIpc) is 3.14. The van der Waals surface area contributed by atoms with Gasteiger partial charge >= 0.3 is 0 Å². The molecular formula is C16H24IN7S. The van der Waals surface area contributed by atoms with Gasteiger partial charge in [0.1, 0.15) is 5.82 Å². The number of halogens is 1. The first-order valence-electron chi connectivity index (χ1n) is 7.95. The average molecular weight is 473 g/mol. The van der Waals surface area contributed by atoms with Gasteiger partial charge in [-0.1, -0.05) is 0 Å². The molecule has 3 rings (SSSR count). The lowest BCUT2D eigenvalue weighted by atomic mass is 10.2. The van der Waals surface area contributed by atoms with Crippen molar-refractivity contribution < 1.29 is 0 Å². The Balaban J connectivity index is 0.00000225. The van der Waals surface area contributed by atoms with E-state index in [0.29, 0.717) is 12.5 Å². The number of thiazole rings is 1. The minimum Gasteiger partial charge on any atom is -0.370 e. The minimum atomic E-state index is 0. The van der Waals surface area contributed by atoms with Crippen molar-refractivity contribution in [2.75, 3.05) is 50.1 Å². The molecule has 0 radical (unpaired) electrons. The number of rotatable bonds is 4. The highest BCUT2D eigenvalue weighted by molar-refractivity contribution is 14.0. The summed E-state index contributed by atoms with van der Waals surface area (Å²) in [5.74, 6) is 1.54. The van der Waals surface area contributed by atoms with Crippen LogP contribution in [-0.4, -0.2) is 61.1 Å². The molecule has 2 N–H and O–H groups in total. The molecule has 25 heavy (non-hydrogen) atoms. The van der Waals surface area contributed by atoms with E-state index in [1.807, 2.05) is 48.9 Å². The highest BCUT2D eigenvalue weighted by atomic mass is 127. The van der Waals surface area contributed by atoms with Gasteiger partial charge in [0.05, 0.1) is 6.54 Å². The summed E-state index contributed by atoms with van der Waals surface area (Å²) in [6.07, 6.45) is 3.65. The smallest absolute Gasteiger partial charge is 0.191 e. The number of anilines is 2. The van der Waals surface area contributed by atoms with Crippen molar-refractivity contribution in [3.8, 4) is 0 Å². The molecule has 0 spiro atoms. The van der Waals surface area contributed by atoms with Gasteiger partial charge in [0, 0.05) is 58.0 Å². The van der Waals surface area contributed by atoms with Crippen LogP contribution in [0, 0.1) is 0 Å². The Morgan fingerprint density at radius 2 is 2.00 bits per heavy atom. The maximum Gasteiger partial charge on any atom is 0.191 e. The lowest BCUT2D eigenvalue weighted by Gasteiger charge is -2.35. The van der Waals surface area contributed by atoms with E-state index in [1.165, 1.54) is 0 Å². The van der Waals surface area contributed by atoms with Crippen molar-refractivity contribution in [2.24, 2.45) is 10.7 Å². The van der Waals surface area contributed by atoms with Gasteiger partial charge in [-0.15, -0.1) is 35.3 Å². The van der Waals surface area contributed by atoms with Crippen LogP contribution in [0.15, 0.2) is 34.9 Å². The largest absolute Gasteiger partial charge is 0.370 e. The predicted molar refractivity (Wildman–Crippen MR) is 115 cm³/mol. The van der Waals surface area contributed by atoms with Crippen LogP contribution in [0.5, 0.6) is 0 Å². The van der Waals surface area contributed by atoms with E-state index < -0.39 is 0 Å². The first-order chi connectivity index (χ1) is 11.6. The van der Waals surface area contributed by atoms with Crippen molar-refractivity contribution in [1.82, 2.24) is 14.9 Å². The molecule has 1 aliphatic heterocycles. The molecule has 1 aliphatic rings. The van der Waals surface area contributed by atoms with Gasteiger partial charge in [0.2, 0.25) is 0 Å². The van der Waals surface area contributed by atoms with Crippen molar-refractivity contribution in [1.29, 1.82) is 0 Å². The SMILES string of the molecule is CN(C)c1cc(CN=C(N)N2CCN(c3nccs3)CC2)ccn1.I. The van der Waals surface area contributed by atoms with E-state index in [1.54, 1.807) is 11.3 Å². The van der Waals surface area contributed by atoms with Gasteiger partial charge in [0.15, 0.2) is 11.1 Å². The first kappa shape index (κ1) is 19.7. The van der Waals surface area contributed by atoms with Crippen molar-refractivity contribution >= 4 is 52.2 Å². The van der Waals surface area contributed by atoms with E-state index >= 15 is 0 Å². The van der Waals surface area contributed by atoms with E-state index in [4.69, 9.17) is 5.73 Å². The zero-order chi connectivity index (χ0) is 16.9. The second-order valence-electron chi connectivity index (χ2n) is 5.88. The molecule has 0 bridgehead atoms. The third kappa shape index (κ3) is 5.18. The molecule has 2 aromatic heterocycles. The normalized spacial score (nSPS) is 15.0. The van der Waals surface area contributed by atoms with Gasteiger partial charge in [0.25, 0.3) is 0 Å². The lowest BCUT2D eigenvalue weighted by Crippen LogP contribution is -2.51. The van der Waals surface area contributed by atoms with Crippen LogP contribution in [0.2, 0.25) is 0 Å². The Kier molecular flexibility index (Phi) is 7.24. The van der Waals surface area contributed by atoms with Crippen LogP contribution in [0.25, 0.3) is 0 Å². The maximum absolute atomic E-state index is 6.18. The molecule has 3 heterocycles. The maximum atomic E-state index is 6.18. The zero-order valence-electron chi connectivity index (χ0n) is 14.5. The molecule has 136 valence electrons.